The van der Waals surface area contributed by atoms with E-state index in [2.05, 4.69) is 5.32 Å². The molecular weight excluding hydrogens is 346 g/mol. The van der Waals surface area contributed by atoms with Crippen LogP contribution in [0.1, 0.15) is 24.0 Å². The predicted molar refractivity (Wildman–Crippen MR) is 90.4 cm³/mol. The molecule has 0 spiro atoms. The normalized spacial score (nSPS) is 25.8. The van der Waals surface area contributed by atoms with Crippen molar-refractivity contribution in [2.45, 2.75) is 24.4 Å². The number of hydrogen-bond acceptors (Lipinski definition) is 6. The van der Waals surface area contributed by atoms with Gasteiger partial charge in [0.15, 0.2) is 0 Å². The van der Waals surface area contributed by atoms with E-state index in [0.29, 0.717) is 11.3 Å². The van der Waals surface area contributed by atoms with Crippen molar-refractivity contribution in [3.8, 4) is 5.75 Å². The lowest BCUT2D eigenvalue weighted by Gasteiger charge is -2.49. The molecular formula is C16H17N3O5S. The number of phenolic OH excluding ortho intramolecular Hbond substituents is 1. The lowest BCUT2D eigenvalue weighted by molar-refractivity contribution is -0.150. The smallest absolute Gasteiger partial charge is 0.352 e. The van der Waals surface area contributed by atoms with Gasteiger partial charge in [-0.15, -0.1) is 11.8 Å². The quantitative estimate of drug-likeness (QED) is 0.557. The summed E-state index contributed by atoms with van der Waals surface area (Å²) in [5.41, 5.74) is 5.82. The molecule has 3 rings (SSSR count). The Morgan fingerprint density at radius 2 is 2.08 bits per heavy atom. The molecule has 8 nitrogen and oxygen atoms in total. The largest absolute Gasteiger partial charge is 0.508 e. The van der Waals surface area contributed by atoms with E-state index in [-0.39, 0.29) is 5.70 Å². The Kier molecular flexibility index (Phi) is 3.28. The molecule has 2 heterocycles. The van der Waals surface area contributed by atoms with Gasteiger partial charge < -0.3 is 21.3 Å². The first-order valence-corrected chi connectivity index (χ1v) is 8.26. The molecule has 3 atom stereocenters. The fourth-order valence-electron chi connectivity index (χ4n) is 2.62. The van der Waals surface area contributed by atoms with Gasteiger partial charge in [0.25, 0.3) is 5.91 Å². The summed E-state index contributed by atoms with van der Waals surface area (Å²) in [6.45, 7) is 1.61. The van der Waals surface area contributed by atoms with Crippen LogP contribution in [0.2, 0.25) is 0 Å². The summed E-state index contributed by atoms with van der Waals surface area (Å²) < 4.78 is 31.0. The van der Waals surface area contributed by atoms with Crippen molar-refractivity contribution in [2.24, 2.45) is 5.73 Å². The number of nitrogens with one attached hydrogen (secondary N) is 1. The number of fused-ring (bicyclic) bond motifs is 1. The number of nitrogens with zero attached hydrogens (tertiary/aromatic N) is 1. The number of β-lactam (4-membered cyclic amide) rings is 1. The van der Waals surface area contributed by atoms with Gasteiger partial charge >= 0.3 is 5.97 Å². The third-order valence-corrected chi connectivity index (χ3v) is 5.31. The minimum Gasteiger partial charge on any atom is -0.508 e. The van der Waals surface area contributed by atoms with Crippen LogP contribution in [0.5, 0.6) is 5.75 Å². The van der Waals surface area contributed by atoms with Crippen LogP contribution in [0.25, 0.3) is 0 Å². The second kappa shape index (κ2) is 6.41. The van der Waals surface area contributed by atoms with E-state index >= 15 is 0 Å². The van der Waals surface area contributed by atoms with Crippen LogP contribution < -0.4 is 11.1 Å². The third kappa shape index (κ3) is 2.96. The fraction of sp³-hybridized carbons (Fsp3) is 0.312. The molecule has 5 N–H and O–H groups in total. The van der Waals surface area contributed by atoms with Crippen LogP contribution in [0, 0.1) is 0 Å². The van der Waals surface area contributed by atoms with Crippen LogP contribution in [-0.2, 0) is 14.4 Å². The van der Waals surface area contributed by atoms with E-state index < -0.39 is 70.7 Å². The number of carbonyl (C=O) groups excluding carboxylic acids is 2. The number of carboxylic acids is 1. The van der Waals surface area contributed by atoms with Crippen molar-refractivity contribution in [1.82, 2.24) is 10.2 Å². The summed E-state index contributed by atoms with van der Waals surface area (Å²) in [5.74, 6) is -3.27. The molecule has 0 aromatic heterocycles. The number of phenols is 1. The van der Waals surface area contributed by atoms with Crippen LogP contribution in [0.3, 0.4) is 0 Å². The topological polar surface area (TPSA) is 133 Å². The molecule has 0 bridgehead atoms. The first-order chi connectivity index (χ1) is 13.5. The maximum atomic E-state index is 12.6. The minimum atomic E-state index is -1.63. The monoisotopic (exact) mass is 367 g/mol. The molecule has 2 aliphatic heterocycles. The number of carbonyl (C=O) groups is 3. The molecule has 1 saturated heterocycles. The Labute approximate surface area is 153 Å². The first kappa shape index (κ1) is 12.8. The average molecular weight is 367 g/mol. The standard InChI is InChI=1S/C16H17N3O5S/c1-7-6-25-15-11(14(22)19(15)12(7)16(23)24)18-13(21)10(17)8-2-4-9(20)5-3-8/h2-5,10-11,15,20H,6,17H2,1H3,(H,18,21)(H,23,24)/t10-,11-,15-/m1/s1/i2D,3D,4D,5D. The van der Waals surface area contributed by atoms with Crippen molar-refractivity contribution in [3.63, 3.8) is 0 Å². The van der Waals surface area contributed by atoms with E-state index in [9.17, 15) is 24.6 Å². The summed E-state index contributed by atoms with van der Waals surface area (Å²) >= 11 is 1.28. The number of amides is 2. The average Bonchev–Trinajstić information content (AvgIpc) is 2.68. The predicted octanol–water partition coefficient (Wildman–Crippen LogP) is 0.150. The number of nitrogens with two attached hydrogens (primary N) is 1. The lowest BCUT2D eigenvalue weighted by Crippen LogP contribution is -2.71. The summed E-state index contributed by atoms with van der Waals surface area (Å²) in [6, 6.07) is -5.45. The molecule has 2 aliphatic rings. The van der Waals surface area contributed by atoms with Crippen LogP contribution in [-0.4, -0.2) is 50.1 Å². The Bertz CT molecular complexity index is 957. The van der Waals surface area contributed by atoms with Crippen molar-refractivity contribution in [1.29, 1.82) is 0 Å². The second-order valence-corrected chi connectivity index (χ2v) is 6.68. The molecule has 0 radical (unpaired) electrons. The number of aromatic hydroxyl groups is 1. The van der Waals surface area contributed by atoms with Gasteiger partial charge in [-0.1, -0.05) is 12.1 Å². The van der Waals surface area contributed by atoms with E-state index in [1.165, 1.54) is 11.8 Å². The van der Waals surface area contributed by atoms with Gasteiger partial charge in [-0.3, -0.25) is 14.5 Å². The highest BCUT2D eigenvalue weighted by Crippen LogP contribution is 2.40. The maximum absolute atomic E-state index is 12.6. The Morgan fingerprint density at radius 1 is 1.44 bits per heavy atom. The van der Waals surface area contributed by atoms with Crippen molar-refractivity contribution in [2.75, 3.05) is 5.75 Å². The summed E-state index contributed by atoms with van der Waals surface area (Å²) in [4.78, 5) is 37.5. The maximum Gasteiger partial charge on any atom is 0.352 e. The number of rotatable bonds is 4. The van der Waals surface area contributed by atoms with Gasteiger partial charge in [0.05, 0.1) is 5.48 Å². The molecule has 1 fully saturated rings. The van der Waals surface area contributed by atoms with Gasteiger partial charge in [-0.25, -0.2) is 4.79 Å². The molecule has 0 aliphatic carbocycles. The number of benzene rings is 1. The van der Waals surface area contributed by atoms with Crippen LogP contribution in [0.15, 0.2) is 35.4 Å². The molecule has 132 valence electrons. The second-order valence-electron chi connectivity index (χ2n) is 5.57. The number of hydrogen-bond donors (Lipinski definition) is 4. The summed E-state index contributed by atoms with van der Waals surface area (Å²) in [5, 5.41) is 20.7. The SMILES string of the molecule is [2H]c1c([2H])c([C@@H](N)C(=O)N[C@@H]2C(=O)N3C(C(=O)O)=C(C)CS[C@H]23)c([2H])c([2H])c1O. The van der Waals surface area contributed by atoms with Gasteiger partial charge in [0.2, 0.25) is 5.91 Å². The highest BCUT2D eigenvalue weighted by atomic mass is 32.2. The first-order valence-electron chi connectivity index (χ1n) is 9.21. The Morgan fingerprint density at radius 3 is 2.68 bits per heavy atom. The zero-order valence-corrected chi connectivity index (χ0v) is 13.8. The molecule has 0 unspecified atom stereocenters. The molecule has 2 amide bonds. The van der Waals surface area contributed by atoms with Gasteiger partial charge in [0.1, 0.15) is 28.9 Å². The Hall–Kier alpha value is -2.52. The zero-order chi connectivity index (χ0) is 21.8. The third-order valence-electron chi connectivity index (χ3n) is 3.88. The lowest BCUT2D eigenvalue weighted by atomic mass is 10.0. The summed E-state index contributed by atoms with van der Waals surface area (Å²) in [6.07, 6.45) is 0. The van der Waals surface area contributed by atoms with E-state index in [1.54, 1.807) is 6.92 Å². The fourth-order valence-corrected chi connectivity index (χ4v) is 3.91. The minimum absolute atomic E-state index is 0.119. The summed E-state index contributed by atoms with van der Waals surface area (Å²) in [7, 11) is 0. The van der Waals surface area contributed by atoms with Crippen molar-refractivity contribution >= 4 is 29.5 Å². The highest BCUT2D eigenvalue weighted by molar-refractivity contribution is 8.00. The van der Waals surface area contributed by atoms with E-state index in [1.807, 2.05) is 0 Å². The van der Waals surface area contributed by atoms with E-state index in [4.69, 9.17) is 11.2 Å². The number of carboxylic acid groups (broad SMARTS) is 1. The number of aliphatic carboxylic acids is 1. The van der Waals surface area contributed by atoms with Crippen LogP contribution in [0.4, 0.5) is 0 Å². The molecule has 1 aromatic rings. The highest BCUT2D eigenvalue weighted by Gasteiger charge is 2.53. The van der Waals surface area contributed by atoms with E-state index in [0.717, 1.165) is 4.90 Å². The van der Waals surface area contributed by atoms with Gasteiger partial charge in [0, 0.05) is 5.75 Å². The van der Waals surface area contributed by atoms with Gasteiger partial charge in [-0.2, -0.15) is 0 Å². The number of thioether (sulfide) groups is 1. The molecule has 9 heteroatoms. The molecule has 25 heavy (non-hydrogen) atoms. The van der Waals surface area contributed by atoms with Gasteiger partial charge in [-0.05, 0) is 30.1 Å². The van der Waals surface area contributed by atoms with Crippen molar-refractivity contribution < 1.29 is 30.1 Å². The Balaban J connectivity index is 1.83. The molecule has 0 saturated carbocycles. The zero-order valence-electron chi connectivity index (χ0n) is 17.0. The van der Waals surface area contributed by atoms with Crippen molar-refractivity contribution in [3.05, 3.63) is 41.0 Å². The van der Waals surface area contributed by atoms with Crippen LogP contribution >= 0.6 is 11.8 Å². The molecule has 1 aromatic carbocycles.